The molecule has 3 rings (SSSR count). The Morgan fingerprint density at radius 1 is 1.45 bits per heavy atom. The van der Waals surface area contributed by atoms with Crippen molar-refractivity contribution in [2.45, 2.75) is 44.8 Å². The van der Waals surface area contributed by atoms with Gasteiger partial charge in [-0.25, -0.2) is 9.78 Å². The van der Waals surface area contributed by atoms with Gasteiger partial charge in [0.2, 0.25) is 0 Å². The van der Waals surface area contributed by atoms with E-state index in [1.165, 1.54) is 24.8 Å². The Balaban J connectivity index is 1.64. The summed E-state index contributed by atoms with van der Waals surface area (Å²) >= 11 is 0. The molecule has 1 amide bonds. The second-order valence-corrected chi connectivity index (χ2v) is 6.03. The molecule has 118 valence electrons. The van der Waals surface area contributed by atoms with Crippen molar-refractivity contribution in [3.8, 4) is 0 Å². The normalized spacial score (nSPS) is 25.1. The van der Waals surface area contributed by atoms with Gasteiger partial charge in [-0.1, -0.05) is 6.42 Å². The lowest BCUT2D eigenvalue weighted by Gasteiger charge is -2.61. The van der Waals surface area contributed by atoms with Crippen molar-refractivity contribution in [2.75, 3.05) is 6.61 Å². The Labute approximate surface area is 128 Å². The molecule has 2 saturated carbocycles. The summed E-state index contributed by atoms with van der Waals surface area (Å²) in [6.07, 6.45) is 5.79. The molecular formula is C16H20N2O4. The van der Waals surface area contributed by atoms with Gasteiger partial charge in [-0.3, -0.25) is 4.79 Å². The minimum absolute atomic E-state index is 0.0629. The number of amides is 1. The molecule has 1 aromatic heterocycles. The molecule has 2 aliphatic rings. The number of nitrogens with one attached hydrogen (secondary N) is 1. The highest BCUT2D eigenvalue weighted by molar-refractivity contribution is 5.95. The first-order chi connectivity index (χ1) is 10.6. The first-order valence-corrected chi connectivity index (χ1v) is 7.68. The van der Waals surface area contributed by atoms with Gasteiger partial charge in [0.05, 0.1) is 11.7 Å². The standard InChI is InChI=1S/C16H20N2O4/c1-2-22-13-8-12(16(13)6-3-7-16)18-14(19)10-4-5-11(15(20)21)17-9-10/h4-5,9,12-13H,2-3,6-8H2,1H3,(H,18,19)(H,20,21)/t12-,13-/m0/s1. The number of aromatic nitrogens is 1. The number of carbonyl (C=O) groups is 2. The van der Waals surface area contributed by atoms with Gasteiger partial charge in [-0.05, 0) is 38.3 Å². The quantitative estimate of drug-likeness (QED) is 0.866. The molecule has 0 unspecified atom stereocenters. The molecule has 2 N–H and O–H groups in total. The van der Waals surface area contributed by atoms with Crippen molar-refractivity contribution in [1.82, 2.24) is 10.3 Å². The zero-order valence-electron chi connectivity index (χ0n) is 12.5. The first kappa shape index (κ1) is 15.0. The van der Waals surface area contributed by atoms with Crippen LogP contribution in [0.4, 0.5) is 0 Å². The lowest BCUT2D eigenvalue weighted by molar-refractivity contribution is -0.169. The summed E-state index contributed by atoms with van der Waals surface area (Å²) in [5.74, 6) is -1.30. The molecule has 0 aliphatic heterocycles. The van der Waals surface area contributed by atoms with Crippen LogP contribution in [-0.4, -0.2) is 40.7 Å². The van der Waals surface area contributed by atoms with E-state index in [1.807, 2.05) is 6.92 Å². The first-order valence-electron chi connectivity index (χ1n) is 7.68. The molecule has 6 heteroatoms. The van der Waals surface area contributed by atoms with Gasteiger partial charge < -0.3 is 15.2 Å². The van der Waals surface area contributed by atoms with Gasteiger partial charge >= 0.3 is 5.97 Å². The molecular weight excluding hydrogens is 284 g/mol. The Morgan fingerprint density at radius 3 is 2.73 bits per heavy atom. The zero-order valence-corrected chi connectivity index (χ0v) is 12.5. The maximum absolute atomic E-state index is 12.3. The Morgan fingerprint density at radius 2 is 2.23 bits per heavy atom. The molecule has 1 spiro atoms. The predicted octanol–water partition coefficient (Wildman–Crippen LogP) is 1.86. The number of carboxylic acids is 1. The van der Waals surface area contributed by atoms with Crippen LogP contribution in [0, 0.1) is 5.41 Å². The lowest BCUT2D eigenvalue weighted by Crippen LogP contribution is -2.67. The zero-order chi connectivity index (χ0) is 15.7. The summed E-state index contributed by atoms with van der Waals surface area (Å²) in [6, 6.07) is 2.99. The number of hydrogen-bond donors (Lipinski definition) is 2. The third kappa shape index (κ3) is 2.37. The van der Waals surface area contributed by atoms with Crippen LogP contribution in [0.25, 0.3) is 0 Å². The molecule has 1 heterocycles. The third-order valence-corrected chi connectivity index (χ3v) is 4.99. The molecule has 22 heavy (non-hydrogen) atoms. The van der Waals surface area contributed by atoms with E-state index in [0.717, 1.165) is 19.3 Å². The summed E-state index contributed by atoms with van der Waals surface area (Å²) in [6.45, 7) is 2.70. The number of carbonyl (C=O) groups excluding carboxylic acids is 1. The molecule has 0 radical (unpaired) electrons. The lowest BCUT2D eigenvalue weighted by atomic mass is 9.51. The van der Waals surface area contributed by atoms with Crippen molar-refractivity contribution in [3.63, 3.8) is 0 Å². The number of rotatable bonds is 5. The molecule has 0 saturated heterocycles. The highest BCUT2D eigenvalue weighted by atomic mass is 16.5. The van der Waals surface area contributed by atoms with E-state index in [9.17, 15) is 9.59 Å². The number of aromatic carboxylic acids is 1. The maximum atomic E-state index is 12.3. The topological polar surface area (TPSA) is 88.5 Å². The molecule has 2 fully saturated rings. The van der Waals surface area contributed by atoms with Crippen LogP contribution < -0.4 is 5.32 Å². The summed E-state index contributed by atoms with van der Waals surface area (Å²) < 4.78 is 5.77. The number of pyridine rings is 1. The van der Waals surface area contributed by atoms with E-state index in [0.29, 0.717) is 12.2 Å². The summed E-state index contributed by atoms with van der Waals surface area (Å²) in [4.78, 5) is 26.8. The number of nitrogens with zero attached hydrogens (tertiary/aromatic N) is 1. The minimum atomic E-state index is -1.10. The fourth-order valence-electron chi connectivity index (χ4n) is 3.54. The highest BCUT2D eigenvalue weighted by Crippen LogP contribution is 2.57. The number of hydrogen-bond acceptors (Lipinski definition) is 4. The fraction of sp³-hybridized carbons (Fsp3) is 0.562. The van der Waals surface area contributed by atoms with E-state index >= 15 is 0 Å². The molecule has 2 aliphatic carbocycles. The van der Waals surface area contributed by atoms with Crippen LogP contribution in [0.2, 0.25) is 0 Å². The van der Waals surface area contributed by atoms with E-state index in [2.05, 4.69) is 10.3 Å². The Bertz CT molecular complexity index is 580. The van der Waals surface area contributed by atoms with Crippen molar-refractivity contribution in [1.29, 1.82) is 0 Å². The van der Waals surface area contributed by atoms with Gasteiger partial charge in [-0.15, -0.1) is 0 Å². The van der Waals surface area contributed by atoms with Gasteiger partial charge in [0.1, 0.15) is 5.69 Å². The number of carboxylic acid groups (broad SMARTS) is 1. The van der Waals surface area contributed by atoms with Gasteiger partial charge in [0.15, 0.2) is 0 Å². The van der Waals surface area contributed by atoms with Crippen LogP contribution in [-0.2, 0) is 4.74 Å². The Kier molecular flexibility index (Phi) is 3.87. The van der Waals surface area contributed by atoms with Crippen LogP contribution in [0.1, 0.15) is 53.5 Å². The average Bonchev–Trinajstić information content (AvgIpc) is 2.44. The monoisotopic (exact) mass is 304 g/mol. The van der Waals surface area contributed by atoms with Crippen molar-refractivity contribution < 1.29 is 19.4 Å². The van der Waals surface area contributed by atoms with E-state index in [-0.39, 0.29) is 29.2 Å². The molecule has 1 aromatic rings. The van der Waals surface area contributed by atoms with Gasteiger partial charge in [0, 0.05) is 24.3 Å². The maximum Gasteiger partial charge on any atom is 0.354 e. The molecule has 2 atom stereocenters. The van der Waals surface area contributed by atoms with E-state index in [4.69, 9.17) is 9.84 Å². The molecule has 0 bridgehead atoms. The minimum Gasteiger partial charge on any atom is -0.477 e. The molecule has 6 nitrogen and oxygen atoms in total. The van der Waals surface area contributed by atoms with Crippen molar-refractivity contribution in [2.24, 2.45) is 5.41 Å². The smallest absolute Gasteiger partial charge is 0.354 e. The Hall–Kier alpha value is -1.95. The molecule has 0 aromatic carbocycles. The average molecular weight is 304 g/mol. The fourth-order valence-corrected chi connectivity index (χ4v) is 3.54. The van der Waals surface area contributed by atoms with Crippen molar-refractivity contribution >= 4 is 11.9 Å². The summed E-state index contributed by atoms with van der Waals surface area (Å²) in [5, 5.41) is 11.9. The third-order valence-electron chi connectivity index (χ3n) is 4.99. The van der Waals surface area contributed by atoms with Crippen LogP contribution >= 0.6 is 0 Å². The summed E-state index contributed by atoms with van der Waals surface area (Å²) in [5.41, 5.74) is 0.437. The van der Waals surface area contributed by atoms with Gasteiger partial charge in [0.25, 0.3) is 5.91 Å². The van der Waals surface area contributed by atoms with E-state index in [1.54, 1.807) is 0 Å². The van der Waals surface area contributed by atoms with Crippen LogP contribution in [0.5, 0.6) is 0 Å². The number of ether oxygens (including phenoxy) is 1. The largest absolute Gasteiger partial charge is 0.477 e. The van der Waals surface area contributed by atoms with Crippen LogP contribution in [0.3, 0.4) is 0 Å². The van der Waals surface area contributed by atoms with E-state index < -0.39 is 5.97 Å². The second kappa shape index (κ2) is 5.68. The van der Waals surface area contributed by atoms with Gasteiger partial charge in [-0.2, -0.15) is 0 Å². The van der Waals surface area contributed by atoms with Crippen LogP contribution in [0.15, 0.2) is 18.3 Å². The summed E-state index contributed by atoms with van der Waals surface area (Å²) in [7, 11) is 0. The predicted molar refractivity (Wildman–Crippen MR) is 78.8 cm³/mol. The highest BCUT2D eigenvalue weighted by Gasteiger charge is 2.59. The second-order valence-electron chi connectivity index (χ2n) is 6.03. The SMILES string of the molecule is CCO[C@H]1C[C@H](NC(=O)c2ccc(C(=O)O)nc2)C12CCC2. The van der Waals surface area contributed by atoms with Crippen molar-refractivity contribution in [3.05, 3.63) is 29.6 Å².